The van der Waals surface area contributed by atoms with Crippen LogP contribution in [0.15, 0.2) is 24.4 Å². The van der Waals surface area contributed by atoms with Crippen molar-refractivity contribution in [3.05, 3.63) is 30.0 Å². The van der Waals surface area contributed by atoms with Gasteiger partial charge in [0, 0.05) is 12.6 Å². The molecule has 0 unspecified atom stereocenters. The summed E-state index contributed by atoms with van der Waals surface area (Å²) < 4.78 is 6.13. The van der Waals surface area contributed by atoms with Gasteiger partial charge in [-0.1, -0.05) is 10.6 Å². The van der Waals surface area contributed by atoms with E-state index in [-0.39, 0.29) is 0 Å². The van der Waals surface area contributed by atoms with Crippen molar-refractivity contribution < 1.29 is 0 Å². The minimum Gasteiger partial charge on any atom is -0.326 e. The zero-order chi connectivity index (χ0) is 13.4. The Morgan fingerprint density at radius 3 is 2.84 bits per heavy atom. The topological polar surface area (TPSA) is 69.6 Å². The molecule has 0 fully saturated rings. The number of hydrogen-bond donors (Lipinski definition) is 1. The molecule has 19 heavy (non-hydrogen) atoms. The van der Waals surface area contributed by atoms with Crippen LogP contribution in [0.4, 0.5) is 0 Å². The van der Waals surface area contributed by atoms with Gasteiger partial charge >= 0.3 is 0 Å². The van der Waals surface area contributed by atoms with E-state index in [0.717, 1.165) is 27.3 Å². The molecule has 3 rings (SSSR count). The van der Waals surface area contributed by atoms with E-state index in [9.17, 15) is 0 Å². The minimum absolute atomic E-state index is 0.325. The van der Waals surface area contributed by atoms with Gasteiger partial charge in [-0.2, -0.15) is 0 Å². The van der Waals surface area contributed by atoms with Crippen LogP contribution in [0, 0.1) is 0 Å². The lowest BCUT2D eigenvalue weighted by Crippen LogP contribution is -2.02. The molecule has 3 aromatic rings. The Labute approximate surface area is 115 Å². The van der Waals surface area contributed by atoms with E-state index in [1.807, 2.05) is 6.07 Å². The Kier molecular flexibility index (Phi) is 3.04. The van der Waals surface area contributed by atoms with Crippen molar-refractivity contribution in [2.24, 2.45) is 5.73 Å². The molecule has 0 radical (unpaired) electrons. The molecule has 0 amide bonds. The molecule has 98 valence electrons. The molecule has 1 aromatic carbocycles. The normalized spacial score (nSPS) is 11.6. The van der Waals surface area contributed by atoms with Crippen molar-refractivity contribution in [1.29, 1.82) is 0 Å². The van der Waals surface area contributed by atoms with E-state index < -0.39 is 0 Å². The van der Waals surface area contributed by atoms with E-state index in [4.69, 9.17) is 10.7 Å². The highest BCUT2D eigenvalue weighted by atomic mass is 32.1. The molecule has 0 saturated carbocycles. The highest BCUT2D eigenvalue weighted by Gasteiger charge is 2.16. The van der Waals surface area contributed by atoms with E-state index >= 15 is 0 Å². The Bertz CT molecular complexity index is 699. The number of fused-ring (bicyclic) bond motifs is 1. The lowest BCUT2D eigenvalue weighted by molar-refractivity contribution is 0.625. The molecule has 0 saturated heterocycles. The molecule has 0 spiro atoms. The maximum Gasteiger partial charge on any atom is 0.154 e. The van der Waals surface area contributed by atoms with Gasteiger partial charge in [0.2, 0.25) is 0 Å². The van der Waals surface area contributed by atoms with Crippen LogP contribution in [-0.4, -0.2) is 19.1 Å². The van der Waals surface area contributed by atoms with Gasteiger partial charge in [-0.05, 0) is 43.1 Å². The first-order valence-corrected chi connectivity index (χ1v) is 6.96. The molecule has 2 aromatic heterocycles. The van der Waals surface area contributed by atoms with Gasteiger partial charge in [-0.15, -0.1) is 5.10 Å². The van der Waals surface area contributed by atoms with Crippen molar-refractivity contribution in [2.75, 3.05) is 0 Å². The van der Waals surface area contributed by atoms with E-state index in [1.54, 1.807) is 6.20 Å². The predicted molar refractivity (Wildman–Crippen MR) is 76.9 cm³/mol. The fourth-order valence-electron chi connectivity index (χ4n) is 2.23. The first-order valence-electron chi connectivity index (χ1n) is 6.19. The number of imidazole rings is 1. The smallest absolute Gasteiger partial charge is 0.154 e. The molecule has 2 heterocycles. The highest BCUT2D eigenvalue weighted by molar-refractivity contribution is 7.09. The third kappa shape index (κ3) is 2.02. The maximum atomic E-state index is 5.69. The average molecular weight is 273 g/mol. The quantitative estimate of drug-likeness (QED) is 0.796. The summed E-state index contributed by atoms with van der Waals surface area (Å²) >= 11 is 1.36. The molecule has 0 aliphatic rings. The second-order valence-corrected chi connectivity index (χ2v) is 5.49. The van der Waals surface area contributed by atoms with Crippen LogP contribution in [0.3, 0.4) is 0 Å². The summed E-state index contributed by atoms with van der Waals surface area (Å²) in [4.78, 5) is 5.71. The van der Waals surface area contributed by atoms with E-state index in [2.05, 4.69) is 40.1 Å². The first kappa shape index (κ1) is 12.3. The van der Waals surface area contributed by atoms with Crippen LogP contribution >= 0.6 is 11.5 Å². The monoisotopic (exact) mass is 273 g/mol. The van der Waals surface area contributed by atoms with Gasteiger partial charge in [0.1, 0.15) is 4.88 Å². The van der Waals surface area contributed by atoms with Gasteiger partial charge in [0.15, 0.2) is 5.82 Å². The zero-order valence-corrected chi connectivity index (χ0v) is 11.7. The summed E-state index contributed by atoms with van der Waals surface area (Å²) in [7, 11) is 0. The largest absolute Gasteiger partial charge is 0.326 e. The third-order valence-electron chi connectivity index (χ3n) is 3.09. The van der Waals surface area contributed by atoms with Gasteiger partial charge in [0.25, 0.3) is 0 Å². The van der Waals surface area contributed by atoms with Crippen molar-refractivity contribution in [1.82, 2.24) is 19.1 Å². The Morgan fingerprint density at radius 2 is 2.21 bits per heavy atom. The van der Waals surface area contributed by atoms with E-state index in [0.29, 0.717) is 12.6 Å². The highest BCUT2D eigenvalue weighted by Crippen LogP contribution is 2.29. The summed E-state index contributed by atoms with van der Waals surface area (Å²) in [6.07, 6.45) is 1.76. The van der Waals surface area contributed by atoms with Crippen molar-refractivity contribution in [3.8, 4) is 10.7 Å². The van der Waals surface area contributed by atoms with Gasteiger partial charge in [-0.25, -0.2) is 4.98 Å². The number of benzene rings is 1. The first-order chi connectivity index (χ1) is 9.20. The summed E-state index contributed by atoms with van der Waals surface area (Å²) in [5.41, 5.74) is 8.87. The maximum absolute atomic E-state index is 5.69. The van der Waals surface area contributed by atoms with Crippen LogP contribution in [0.2, 0.25) is 0 Å². The van der Waals surface area contributed by atoms with Crippen LogP contribution in [0.25, 0.3) is 21.7 Å². The molecule has 0 atom stereocenters. The van der Waals surface area contributed by atoms with Crippen LogP contribution in [0.1, 0.15) is 25.5 Å². The molecule has 6 heteroatoms. The molecular formula is C13H15N5S. The third-order valence-corrected chi connectivity index (χ3v) is 3.75. The van der Waals surface area contributed by atoms with Gasteiger partial charge < -0.3 is 10.3 Å². The second kappa shape index (κ2) is 4.71. The molecule has 0 aliphatic carbocycles. The molecule has 5 nitrogen and oxygen atoms in total. The number of nitrogens with two attached hydrogens (primary N) is 1. The number of nitrogens with zero attached hydrogens (tertiary/aromatic N) is 4. The van der Waals surface area contributed by atoms with Gasteiger partial charge in [0.05, 0.1) is 17.2 Å². The SMILES string of the molecule is CC(C)n1c(-c2cnns2)nc2cc(CN)ccc21. The van der Waals surface area contributed by atoms with Crippen LogP contribution in [-0.2, 0) is 6.54 Å². The fraction of sp³-hybridized carbons (Fsp3) is 0.308. The van der Waals surface area contributed by atoms with Crippen molar-refractivity contribution in [3.63, 3.8) is 0 Å². The summed E-state index contributed by atoms with van der Waals surface area (Å²) in [5.74, 6) is 0.925. The lowest BCUT2D eigenvalue weighted by Gasteiger charge is -2.11. The molecule has 0 aliphatic heterocycles. The Balaban J connectivity index is 2.29. The zero-order valence-electron chi connectivity index (χ0n) is 10.9. The minimum atomic E-state index is 0.325. The molecule has 0 bridgehead atoms. The number of hydrogen-bond acceptors (Lipinski definition) is 5. The average Bonchev–Trinajstić information content (AvgIpc) is 3.04. The Morgan fingerprint density at radius 1 is 1.37 bits per heavy atom. The van der Waals surface area contributed by atoms with E-state index in [1.165, 1.54) is 11.5 Å². The fourth-order valence-corrected chi connectivity index (χ4v) is 2.74. The summed E-state index contributed by atoms with van der Waals surface area (Å²) in [5, 5.41) is 3.90. The van der Waals surface area contributed by atoms with Crippen LogP contribution < -0.4 is 5.73 Å². The summed E-state index contributed by atoms with van der Waals surface area (Å²) in [6, 6.07) is 6.51. The molecular weight excluding hydrogens is 258 g/mol. The summed E-state index contributed by atoms with van der Waals surface area (Å²) in [6.45, 7) is 4.83. The number of aromatic nitrogens is 4. The predicted octanol–water partition coefficient (Wildman–Crippen LogP) is 2.59. The lowest BCUT2D eigenvalue weighted by atomic mass is 10.2. The van der Waals surface area contributed by atoms with Crippen molar-refractivity contribution >= 4 is 22.6 Å². The Hall–Kier alpha value is -1.79. The van der Waals surface area contributed by atoms with Crippen molar-refractivity contribution in [2.45, 2.75) is 26.4 Å². The molecule has 2 N–H and O–H groups in total. The number of rotatable bonds is 3. The van der Waals surface area contributed by atoms with Crippen LogP contribution in [0.5, 0.6) is 0 Å². The standard InChI is InChI=1S/C13H15N5S/c1-8(2)18-11-4-3-9(6-14)5-10(11)16-13(18)12-7-15-17-19-12/h3-5,7-8H,6,14H2,1-2H3. The van der Waals surface area contributed by atoms with Gasteiger partial charge in [-0.3, -0.25) is 0 Å². The second-order valence-electron chi connectivity index (χ2n) is 4.71.